The van der Waals surface area contributed by atoms with Crippen molar-refractivity contribution in [1.82, 2.24) is 5.32 Å². The van der Waals surface area contributed by atoms with E-state index in [1.807, 2.05) is 0 Å². The van der Waals surface area contributed by atoms with Crippen LogP contribution in [0.1, 0.15) is 226 Å². The van der Waals surface area contributed by atoms with Crippen LogP contribution in [0.15, 0.2) is 12.2 Å². The van der Waals surface area contributed by atoms with Crippen LogP contribution in [0.3, 0.4) is 0 Å². The molecular weight excluding hydrogens is 582 g/mol. The molecule has 0 aliphatic rings. The molecule has 0 bridgehead atoms. The number of carbonyl (C=O) groups is 1. The van der Waals surface area contributed by atoms with E-state index in [1.54, 1.807) is 0 Å². The fourth-order valence-electron chi connectivity index (χ4n) is 6.57. The minimum Gasteiger partial charge on any atom is -0.394 e. The molecule has 0 aromatic rings. The van der Waals surface area contributed by atoms with Crippen LogP contribution in [0.25, 0.3) is 0 Å². The zero-order chi connectivity index (χ0) is 34.5. The van der Waals surface area contributed by atoms with E-state index in [2.05, 4.69) is 31.3 Å². The molecule has 5 heteroatoms. The maximum absolute atomic E-state index is 12.4. The lowest BCUT2D eigenvalue weighted by Gasteiger charge is -2.26. The molecule has 0 aliphatic carbocycles. The van der Waals surface area contributed by atoms with Gasteiger partial charge in [0, 0.05) is 6.42 Å². The molecule has 3 unspecified atom stereocenters. The summed E-state index contributed by atoms with van der Waals surface area (Å²) < 4.78 is 0. The van der Waals surface area contributed by atoms with Crippen LogP contribution in [0.5, 0.6) is 0 Å². The number of aliphatic hydroxyl groups is 3. The predicted molar refractivity (Wildman–Crippen MR) is 204 cm³/mol. The molecule has 0 aromatic carbocycles. The molecule has 0 saturated heterocycles. The van der Waals surface area contributed by atoms with Crippen LogP contribution in [0, 0.1) is 0 Å². The second kappa shape index (κ2) is 37.9. The van der Waals surface area contributed by atoms with Gasteiger partial charge >= 0.3 is 0 Å². The minimum atomic E-state index is -1.13. The van der Waals surface area contributed by atoms with Gasteiger partial charge in [-0.1, -0.05) is 193 Å². The first kappa shape index (κ1) is 46.1. The number of carbonyl (C=O) groups excluding carboxylic acids is 1. The average molecular weight is 666 g/mol. The third kappa shape index (κ3) is 33.4. The monoisotopic (exact) mass is 666 g/mol. The molecule has 0 rings (SSSR count). The van der Waals surface area contributed by atoms with Crippen molar-refractivity contribution in [3.63, 3.8) is 0 Å². The Kier molecular flexibility index (Phi) is 37.2. The molecule has 5 nitrogen and oxygen atoms in total. The van der Waals surface area contributed by atoms with Gasteiger partial charge in [0.2, 0.25) is 5.91 Å². The molecule has 280 valence electrons. The van der Waals surface area contributed by atoms with Gasteiger partial charge in [0.1, 0.15) is 6.10 Å². The van der Waals surface area contributed by atoms with Crippen LogP contribution in [-0.2, 0) is 4.79 Å². The van der Waals surface area contributed by atoms with E-state index in [0.717, 1.165) is 38.5 Å². The summed E-state index contributed by atoms with van der Waals surface area (Å²) in [5, 5.41) is 33.4. The lowest BCUT2D eigenvalue weighted by Crippen LogP contribution is -2.50. The normalized spacial score (nSPS) is 13.7. The van der Waals surface area contributed by atoms with Gasteiger partial charge in [-0.3, -0.25) is 4.79 Å². The van der Waals surface area contributed by atoms with Crippen molar-refractivity contribution in [3.8, 4) is 0 Å². The number of allylic oxidation sites excluding steroid dienone is 2. The molecule has 3 atom stereocenters. The Morgan fingerprint density at radius 3 is 1.23 bits per heavy atom. The molecular formula is C42H83NO4. The molecule has 0 aliphatic heterocycles. The summed E-state index contributed by atoms with van der Waals surface area (Å²) in [6.07, 6.45) is 43.1. The SMILES string of the molecule is CCCCCCCCCCCC/C=C\CCCCCCCCCC(=O)NC(CO)C(O)C(O)CCCCCCCCCCCCCC. The molecule has 0 radical (unpaired) electrons. The molecule has 0 spiro atoms. The summed E-state index contributed by atoms with van der Waals surface area (Å²) in [5.74, 6) is -0.148. The lowest BCUT2D eigenvalue weighted by molar-refractivity contribution is -0.124. The molecule has 4 N–H and O–H groups in total. The summed E-state index contributed by atoms with van der Waals surface area (Å²) in [6.45, 7) is 4.17. The second-order valence-electron chi connectivity index (χ2n) is 14.5. The molecule has 0 saturated carbocycles. The highest BCUT2D eigenvalue weighted by Crippen LogP contribution is 2.16. The van der Waals surface area contributed by atoms with E-state index in [4.69, 9.17) is 0 Å². The first-order valence-electron chi connectivity index (χ1n) is 21.0. The maximum Gasteiger partial charge on any atom is 0.220 e. The van der Waals surface area contributed by atoms with Crippen molar-refractivity contribution in [3.05, 3.63) is 12.2 Å². The topological polar surface area (TPSA) is 89.8 Å². The highest BCUT2D eigenvalue weighted by molar-refractivity contribution is 5.76. The van der Waals surface area contributed by atoms with Crippen LogP contribution in [0.4, 0.5) is 0 Å². The molecule has 1 amide bonds. The number of hydrogen-bond acceptors (Lipinski definition) is 4. The van der Waals surface area contributed by atoms with E-state index in [0.29, 0.717) is 12.8 Å². The van der Waals surface area contributed by atoms with Crippen LogP contribution < -0.4 is 5.32 Å². The van der Waals surface area contributed by atoms with Crippen molar-refractivity contribution < 1.29 is 20.1 Å². The quantitative estimate of drug-likeness (QED) is 0.0390. The summed E-state index contributed by atoms with van der Waals surface area (Å²) in [5.41, 5.74) is 0. The number of unbranched alkanes of at least 4 members (excludes halogenated alkanes) is 28. The third-order valence-corrected chi connectivity index (χ3v) is 9.87. The fourth-order valence-corrected chi connectivity index (χ4v) is 6.57. The van der Waals surface area contributed by atoms with E-state index in [-0.39, 0.29) is 12.5 Å². The standard InChI is InChI=1S/C42H83NO4/c1-3-5-7-9-11-13-15-17-18-19-20-21-22-23-24-25-27-29-31-33-35-37-41(46)43-39(38-44)42(47)40(45)36-34-32-30-28-26-16-14-12-10-8-6-4-2/h21-22,39-40,42,44-45,47H,3-20,23-38H2,1-2H3,(H,43,46)/b22-21-. The van der Waals surface area contributed by atoms with E-state index < -0.39 is 18.2 Å². The smallest absolute Gasteiger partial charge is 0.220 e. The molecule has 0 aromatic heterocycles. The number of aliphatic hydroxyl groups excluding tert-OH is 3. The Bertz CT molecular complexity index is 655. The summed E-state index contributed by atoms with van der Waals surface area (Å²) in [6, 6.07) is -0.807. The summed E-state index contributed by atoms with van der Waals surface area (Å²) in [7, 11) is 0. The lowest BCUT2D eigenvalue weighted by atomic mass is 9.99. The number of nitrogens with one attached hydrogen (secondary N) is 1. The van der Waals surface area contributed by atoms with Gasteiger partial charge in [0.05, 0.1) is 18.8 Å². The van der Waals surface area contributed by atoms with E-state index >= 15 is 0 Å². The number of amides is 1. The summed E-state index contributed by atoms with van der Waals surface area (Å²) >= 11 is 0. The average Bonchev–Trinajstić information content (AvgIpc) is 3.07. The number of hydrogen-bond donors (Lipinski definition) is 4. The first-order valence-corrected chi connectivity index (χ1v) is 21.0. The number of rotatable bonds is 38. The highest BCUT2D eigenvalue weighted by Gasteiger charge is 2.26. The Morgan fingerprint density at radius 2 is 0.851 bits per heavy atom. The van der Waals surface area contributed by atoms with Gasteiger partial charge in [-0.25, -0.2) is 0 Å². The Hall–Kier alpha value is -0.910. The van der Waals surface area contributed by atoms with Crippen LogP contribution in [-0.4, -0.2) is 46.1 Å². The van der Waals surface area contributed by atoms with Gasteiger partial charge in [0.25, 0.3) is 0 Å². The largest absolute Gasteiger partial charge is 0.394 e. The van der Waals surface area contributed by atoms with Gasteiger partial charge in [-0.05, 0) is 38.5 Å². The van der Waals surface area contributed by atoms with Crippen LogP contribution in [0.2, 0.25) is 0 Å². The van der Waals surface area contributed by atoms with Crippen molar-refractivity contribution >= 4 is 5.91 Å². The maximum atomic E-state index is 12.4. The van der Waals surface area contributed by atoms with Gasteiger partial charge < -0.3 is 20.6 Å². The zero-order valence-electron chi connectivity index (χ0n) is 31.7. The first-order chi connectivity index (χ1) is 23.1. The van der Waals surface area contributed by atoms with Gasteiger partial charge in [-0.15, -0.1) is 0 Å². The fraction of sp³-hybridized carbons (Fsp3) is 0.929. The van der Waals surface area contributed by atoms with E-state index in [1.165, 1.54) is 161 Å². The van der Waals surface area contributed by atoms with Crippen molar-refractivity contribution in [2.24, 2.45) is 0 Å². The highest BCUT2D eigenvalue weighted by atomic mass is 16.3. The van der Waals surface area contributed by atoms with Gasteiger partial charge in [-0.2, -0.15) is 0 Å². The third-order valence-electron chi connectivity index (χ3n) is 9.87. The second-order valence-corrected chi connectivity index (χ2v) is 14.5. The Morgan fingerprint density at radius 1 is 0.511 bits per heavy atom. The zero-order valence-corrected chi connectivity index (χ0v) is 31.7. The van der Waals surface area contributed by atoms with Gasteiger partial charge in [0.15, 0.2) is 0 Å². The molecule has 47 heavy (non-hydrogen) atoms. The predicted octanol–water partition coefficient (Wildman–Crippen LogP) is 11.7. The van der Waals surface area contributed by atoms with Crippen LogP contribution >= 0.6 is 0 Å². The summed E-state index contributed by atoms with van der Waals surface area (Å²) in [4.78, 5) is 12.4. The van der Waals surface area contributed by atoms with E-state index in [9.17, 15) is 20.1 Å². The van der Waals surface area contributed by atoms with Crippen molar-refractivity contribution in [2.75, 3.05) is 6.61 Å². The minimum absolute atomic E-state index is 0.148. The van der Waals surface area contributed by atoms with Crippen molar-refractivity contribution in [1.29, 1.82) is 0 Å². The molecule has 0 fully saturated rings. The Labute approximate surface area is 293 Å². The molecule has 0 heterocycles. The van der Waals surface area contributed by atoms with Crippen molar-refractivity contribution in [2.45, 2.75) is 244 Å². The Balaban J connectivity index is 3.61.